The van der Waals surface area contributed by atoms with Gasteiger partial charge in [-0.3, -0.25) is 14.7 Å². The molecule has 0 spiro atoms. The number of hydrogen-bond acceptors (Lipinski definition) is 4. The van der Waals surface area contributed by atoms with Gasteiger partial charge < -0.3 is 10.6 Å². The van der Waals surface area contributed by atoms with Crippen LogP contribution in [0.1, 0.15) is 41.6 Å². The molecule has 3 rings (SSSR count). The van der Waals surface area contributed by atoms with Gasteiger partial charge in [-0.1, -0.05) is 12.8 Å². The summed E-state index contributed by atoms with van der Waals surface area (Å²) in [5.41, 5.74) is -0.532. The van der Waals surface area contributed by atoms with Gasteiger partial charge in [0.05, 0.1) is 29.6 Å². The average molecular weight is 412 g/mol. The van der Waals surface area contributed by atoms with Crippen LogP contribution in [0.25, 0.3) is 0 Å². The number of carbonyl (C=O) groups is 2. The van der Waals surface area contributed by atoms with Crippen molar-refractivity contribution in [2.75, 3.05) is 11.9 Å². The highest BCUT2D eigenvalue weighted by Gasteiger charge is 2.32. The topological polar surface area (TPSA) is 86.9 Å². The number of thioether (sulfide) groups is 1. The van der Waals surface area contributed by atoms with Gasteiger partial charge in [-0.2, -0.15) is 18.3 Å². The van der Waals surface area contributed by atoms with Crippen molar-refractivity contribution < 1.29 is 22.8 Å². The van der Waals surface area contributed by atoms with E-state index in [9.17, 15) is 22.8 Å². The van der Waals surface area contributed by atoms with Crippen molar-refractivity contribution in [2.45, 2.75) is 42.0 Å². The van der Waals surface area contributed by atoms with E-state index < -0.39 is 23.6 Å². The number of anilines is 1. The Morgan fingerprint density at radius 1 is 1.25 bits per heavy atom. The first-order valence-electron chi connectivity index (χ1n) is 8.77. The van der Waals surface area contributed by atoms with Crippen molar-refractivity contribution in [3.8, 4) is 0 Å². The molecular formula is C18H19F3N4O2S. The lowest BCUT2D eigenvalue weighted by atomic mass is 10.1. The molecule has 1 aromatic heterocycles. The molecule has 1 saturated carbocycles. The van der Waals surface area contributed by atoms with Gasteiger partial charge >= 0.3 is 6.18 Å². The van der Waals surface area contributed by atoms with Gasteiger partial charge in [-0.15, -0.1) is 11.8 Å². The fourth-order valence-electron chi connectivity index (χ4n) is 2.95. The van der Waals surface area contributed by atoms with Crippen LogP contribution >= 0.6 is 11.8 Å². The Morgan fingerprint density at radius 2 is 2.00 bits per heavy atom. The minimum atomic E-state index is -4.55. The molecule has 0 aliphatic heterocycles. The maximum absolute atomic E-state index is 13.1. The van der Waals surface area contributed by atoms with Crippen LogP contribution in [-0.4, -0.2) is 33.8 Å². The van der Waals surface area contributed by atoms with E-state index in [0.29, 0.717) is 10.6 Å². The molecule has 1 aliphatic carbocycles. The van der Waals surface area contributed by atoms with E-state index in [2.05, 4.69) is 20.8 Å². The van der Waals surface area contributed by atoms with E-state index in [1.54, 1.807) is 0 Å². The number of H-pyrrole nitrogens is 1. The second kappa shape index (κ2) is 8.68. The Balaban J connectivity index is 1.72. The summed E-state index contributed by atoms with van der Waals surface area (Å²) in [4.78, 5) is 24.9. The van der Waals surface area contributed by atoms with Crippen LogP contribution in [0.2, 0.25) is 0 Å². The van der Waals surface area contributed by atoms with Crippen LogP contribution in [0.5, 0.6) is 0 Å². The molecule has 1 heterocycles. The Morgan fingerprint density at radius 3 is 2.64 bits per heavy atom. The molecule has 0 saturated heterocycles. The molecule has 10 heteroatoms. The second-order valence-electron chi connectivity index (χ2n) is 6.45. The zero-order valence-electron chi connectivity index (χ0n) is 14.8. The molecule has 3 N–H and O–H groups in total. The Bertz CT molecular complexity index is 834. The average Bonchev–Trinajstić information content (AvgIpc) is 3.33. The number of aromatic amines is 1. The largest absolute Gasteiger partial charge is 0.416 e. The SMILES string of the molecule is O=C(CNC(=O)c1cc(C(F)(F)F)ccc1SC1CCCC1)Nc1cn[nH]c1. The zero-order chi connectivity index (χ0) is 20.1. The predicted molar refractivity (Wildman–Crippen MR) is 99.1 cm³/mol. The van der Waals surface area contributed by atoms with Gasteiger partial charge in [0.15, 0.2) is 0 Å². The number of nitrogens with one attached hydrogen (secondary N) is 3. The number of hydrogen-bond donors (Lipinski definition) is 3. The molecule has 2 aromatic rings. The van der Waals surface area contributed by atoms with Crippen molar-refractivity contribution in [1.82, 2.24) is 15.5 Å². The van der Waals surface area contributed by atoms with Crippen LogP contribution in [0, 0.1) is 0 Å². The van der Waals surface area contributed by atoms with Crippen LogP contribution in [0.4, 0.5) is 18.9 Å². The number of amides is 2. The number of rotatable bonds is 6. The lowest BCUT2D eigenvalue weighted by Gasteiger charge is -2.16. The quantitative estimate of drug-likeness (QED) is 0.673. The molecule has 2 amide bonds. The summed E-state index contributed by atoms with van der Waals surface area (Å²) in [6.45, 7) is -0.367. The minimum absolute atomic E-state index is 0.0668. The first kappa shape index (κ1) is 20.2. The summed E-state index contributed by atoms with van der Waals surface area (Å²) in [6, 6.07) is 3.17. The van der Waals surface area contributed by atoms with E-state index in [1.165, 1.54) is 30.2 Å². The van der Waals surface area contributed by atoms with Crippen LogP contribution in [0.15, 0.2) is 35.5 Å². The van der Waals surface area contributed by atoms with Gasteiger partial charge in [0.2, 0.25) is 5.91 Å². The molecule has 6 nitrogen and oxygen atoms in total. The molecule has 0 unspecified atom stereocenters. The number of benzene rings is 1. The van der Waals surface area contributed by atoms with E-state index in [1.807, 2.05) is 0 Å². The third-order valence-corrected chi connectivity index (χ3v) is 5.75. The molecule has 0 atom stereocenters. The number of nitrogens with zero attached hydrogens (tertiary/aromatic N) is 1. The molecule has 150 valence electrons. The molecule has 28 heavy (non-hydrogen) atoms. The summed E-state index contributed by atoms with van der Waals surface area (Å²) < 4.78 is 39.2. The molecule has 0 radical (unpaired) electrons. The van der Waals surface area contributed by atoms with Crippen molar-refractivity contribution in [2.24, 2.45) is 0 Å². The van der Waals surface area contributed by atoms with Crippen LogP contribution < -0.4 is 10.6 Å². The summed E-state index contributed by atoms with van der Waals surface area (Å²) in [5.74, 6) is -1.22. The Labute approximate surface area is 163 Å². The number of carbonyl (C=O) groups excluding carboxylic acids is 2. The Hall–Kier alpha value is -2.49. The van der Waals surface area contributed by atoms with Gasteiger partial charge in [-0.05, 0) is 31.0 Å². The number of halogens is 3. The highest BCUT2D eigenvalue weighted by atomic mass is 32.2. The molecule has 0 bridgehead atoms. The summed E-state index contributed by atoms with van der Waals surface area (Å²) in [7, 11) is 0. The van der Waals surface area contributed by atoms with Crippen molar-refractivity contribution in [3.63, 3.8) is 0 Å². The second-order valence-corrected chi connectivity index (χ2v) is 7.79. The third-order valence-electron chi connectivity index (χ3n) is 4.34. The molecule has 1 aromatic carbocycles. The monoisotopic (exact) mass is 412 g/mol. The fourth-order valence-corrected chi connectivity index (χ4v) is 4.31. The summed E-state index contributed by atoms with van der Waals surface area (Å²) in [5, 5.41) is 11.4. The van der Waals surface area contributed by atoms with Gasteiger partial charge in [0, 0.05) is 16.3 Å². The molecular weight excluding hydrogens is 393 g/mol. The normalized spacial score (nSPS) is 14.8. The lowest BCUT2D eigenvalue weighted by molar-refractivity contribution is -0.137. The minimum Gasteiger partial charge on any atom is -0.343 e. The predicted octanol–water partition coefficient (Wildman–Crippen LogP) is 3.83. The van der Waals surface area contributed by atoms with E-state index in [0.717, 1.165) is 37.8 Å². The highest BCUT2D eigenvalue weighted by Crippen LogP contribution is 2.38. The van der Waals surface area contributed by atoms with E-state index in [4.69, 9.17) is 0 Å². The van der Waals surface area contributed by atoms with E-state index in [-0.39, 0.29) is 17.4 Å². The van der Waals surface area contributed by atoms with Crippen molar-refractivity contribution in [3.05, 3.63) is 41.7 Å². The summed E-state index contributed by atoms with van der Waals surface area (Å²) in [6.07, 6.45) is 2.40. The fraction of sp³-hybridized carbons (Fsp3) is 0.389. The van der Waals surface area contributed by atoms with Crippen LogP contribution in [0.3, 0.4) is 0 Å². The number of alkyl halides is 3. The highest BCUT2D eigenvalue weighted by molar-refractivity contribution is 8.00. The smallest absolute Gasteiger partial charge is 0.343 e. The Kier molecular flexibility index (Phi) is 6.28. The van der Waals surface area contributed by atoms with Crippen molar-refractivity contribution >= 4 is 29.3 Å². The molecule has 1 aliphatic rings. The standard InChI is InChI=1S/C18H19F3N4O2S/c19-18(20,21)11-5-6-15(28-13-3-1-2-4-13)14(7-11)17(27)22-10-16(26)25-12-8-23-24-9-12/h5-9,13H,1-4,10H2,(H,22,27)(H,23,24)(H,25,26). The first-order chi connectivity index (χ1) is 13.3. The third kappa shape index (κ3) is 5.28. The number of aromatic nitrogens is 2. The van der Waals surface area contributed by atoms with E-state index >= 15 is 0 Å². The zero-order valence-corrected chi connectivity index (χ0v) is 15.6. The van der Waals surface area contributed by atoms with Crippen molar-refractivity contribution in [1.29, 1.82) is 0 Å². The van der Waals surface area contributed by atoms with Gasteiger partial charge in [0.1, 0.15) is 0 Å². The van der Waals surface area contributed by atoms with Gasteiger partial charge in [0.25, 0.3) is 5.91 Å². The maximum atomic E-state index is 13.1. The summed E-state index contributed by atoms with van der Waals surface area (Å²) >= 11 is 1.42. The van der Waals surface area contributed by atoms with Crippen LogP contribution in [-0.2, 0) is 11.0 Å². The van der Waals surface area contributed by atoms with Gasteiger partial charge in [-0.25, -0.2) is 0 Å². The maximum Gasteiger partial charge on any atom is 0.416 e. The molecule has 1 fully saturated rings. The first-order valence-corrected chi connectivity index (χ1v) is 9.65. The lowest BCUT2D eigenvalue weighted by Crippen LogP contribution is -2.33.